The lowest BCUT2D eigenvalue weighted by Gasteiger charge is -2.08. The molecular formula is C16H16ClN3O. The van der Waals surface area contributed by atoms with E-state index < -0.39 is 6.03 Å². The quantitative estimate of drug-likeness (QED) is 0.822. The highest BCUT2D eigenvalue weighted by atomic mass is 35.5. The Morgan fingerprint density at radius 3 is 2.43 bits per heavy atom. The van der Waals surface area contributed by atoms with E-state index in [0.717, 1.165) is 24.1 Å². The third-order valence-corrected chi connectivity index (χ3v) is 3.48. The Morgan fingerprint density at radius 2 is 1.71 bits per heavy atom. The summed E-state index contributed by atoms with van der Waals surface area (Å²) in [5.74, 6) is 0. The molecule has 0 fully saturated rings. The number of amides is 2. The molecule has 4 nitrogen and oxygen atoms in total. The average molecular weight is 302 g/mol. The number of benzene rings is 2. The fourth-order valence-corrected chi connectivity index (χ4v) is 2.63. The van der Waals surface area contributed by atoms with Gasteiger partial charge in [0.2, 0.25) is 0 Å². The van der Waals surface area contributed by atoms with Gasteiger partial charge < -0.3 is 5.73 Å². The van der Waals surface area contributed by atoms with Gasteiger partial charge in [-0.05, 0) is 29.5 Å². The largest absolute Gasteiger partial charge is 0.350 e. The maximum atomic E-state index is 10.8. The maximum Gasteiger partial charge on any atom is 0.332 e. The number of carbonyl (C=O) groups is 1. The zero-order valence-electron chi connectivity index (χ0n) is 11.4. The van der Waals surface area contributed by atoms with Crippen LogP contribution in [0.3, 0.4) is 0 Å². The molecule has 2 amide bonds. The number of nitrogens with zero attached hydrogens (tertiary/aromatic N) is 1. The predicted molar refractivity (Wildman–Crippen MR) is 86.7 cm³/mol. The molecule has 108 valence electrons. The van der Waals surface area contributed by atoms with Gasteiger partial charge in [0.15, 0.2) is 0 Å². The molecule has 0 saturated carbocycles. The Hall–Kier alpha value is -2.33. The lowest BCUT2D eigenvalue weighted by atomic mass is 9.97. The average Bonchev–Trinajstić information content (AvgIpc) is 2.89. The molecule has 0 saturated heterocycles. The molecule has 0 atom stereocenters. The summed E-state index contributed by atoms with van der Waals surface area (Å²) >= 11 is 0. The van der Waals surface area contributed by atoms with Crippen molar-refractivity contribution in [1.82, 2.24) is 5.43 Å². The van der Waals surface area contributed by atoms with Crippen LogP contribution in [0.15, 0.2) is 53.6 Å². The molecule has 0 aromatic heterocycles. The van der Waals surface area contributed by atoms with Crippen molar-refractivity contribution >= 4 is 24.1 Å². The Bertz CT molecular complexity index is 683. The molecule has 0 heterocycles. The lowest BCUT2D eigenvalue weighted by Crippen LogP contribution is -2.25. The van der Waals surface area contributed by atoms with Crippen molar-refractivity contribution < 1.29 is 4.79 Å². The second-order valence-corrected chi connectivity index (χ2v) is 4.73. The molecule has 2 aromatic rings. The van der Waals surface area contributed by atoms with Crippen molar-refractivity contribution in [2.24, 2.45) is 10.8 Å². The molecule has 21 heavy (non-hydrogen) atoms. The standard InChI is InChI=1S/C16H15N3O.ClH/c17-16(20)19-18-15-10-9-13-12(7-4-8-14(13)15)11-5-2-1-3-6-11;/h1-8H,9-10H2,(H3,17,19,20);1H/b18-15+;. The molecule has 0 bridgehead atoms. The molecular weight excluding hydrogens is 286 g/mol. The molecule has 0 aliphatic heterocycles. The Kier molecular flexibility index (Phi) is 4.60. The van der Waals surface area contributed by atoms with Crippen LogP contribution in [0, 0.1) is 0 Å². The topological polar surface area (TPSA) is 67.5 Å². The van der Waals surface area contributed by atoms with Crippen LogP contribution in [0.2, 0.25) is 0 Å². The van der Waals surface area contributed by atoms with E-state index in [2.05, 4.69) is 28.7 Å². The van der Waals surface area contributed by atoms with Crippen molar-refractivity contribution in [3.8, 4) is 11.1 Å². The zero-order chi connectivity index (χ0) is 13.9. The molecule has 0 unspecified atom stereocenters. The molecule has 2 aromatic carbocycles. The Morgan fingerprint density at radius 1 is 1.00 bits per heavy atom. The number of urea groups is 1. The van der Waals surface area contributed by atoms with Gasteiger partial charge in [-0.15, -0.1) is 12.4 Å². The summed E-state index contributed by atoms with van der Waals surface area (Å²) in [6.07, 6.45) is 1.75. The normalized spacial score (nSPS) is 14.4. The Balaban J connectivity index is 0.00000161. The van der Waals surface area contributed by atoms with Crippen LogP contribution in [0.25, 0.3) is 11.1 Å². The number of hydrogen-bond acceptors (Lipinski definition) is 2. The molecule has 5 heteroatoms. The van der Waals surface area contributed by atoms with E-state index in [0.29, 0.717) is 0 Å². The van der Waals surface area contributed by atoms with Gasteiger partial charge >= 0.3 is 6.03 Å². The van der Waals surface area contributed by atoms with Gasteiger partial charge in [-0.2, -0.15) is 5.10 Å². The molecule has 0 radical (unpaired) electrons. The van der Waals surface area contributed by atoms with E-state index in [1.165, 1.54) is 16.7 Å². The fraction of sp³-hybridized carbons (Fsp3) is 0.125. The van der Waals surface area contributed by atoms with Gasteiger partial charge in [-0.1, -0.05) is 48.5 Å². The molecule has 1 aliphatic rings. The van der Waals surface area contributed by atoms with Gasteiger partial charge in [-0.3, -0.25) is 0 Å². The molecule has 3 N–H and O–H groups in total. The third kappa shape index (κ3) is 3.06. The fourth-order valence-electron chi connectivity index (χ4n) is 2.63. The van der Waals surface area contributed by atoms with Crippen molar-refractivity contribution in [2.75, 3.05) is 0 Å². The molecule has 3 rings (SSSR count). The monoisotopic (exact) mass is 301 g/mol. The van der Waals surface area contributed by atoms with E-state index in [1.807, 2.05) is 30.3 Å². The van der Waals surface area contributed by atoms with Crippen LogP contribution in [0.5, 0.6) is 0 Å². The van der Waals surface area contributed by atoms with Gasteiger partial charge in [0, 0.05) is 5.56 Å². The van der Waals surface area contributed by atoms with E-state index in [-0.39, 0.29) is 12.4 Å². The van der Waals surface area contributed by atoms with E-state index in [9.17, 15) is 4.79 Å². The summed E-state index contributed by atoms with van der Waals surface area (Å²) < 4.78 is 0. The number of hydrogen-bond donors (Lipinski definition) is 2. The number of carbonyl (C=O) groups excluding carboxylic acids is 1. The summed E-state index contributed by atoms with van der Waals surface area (Å²) in [4.78, 5) is 10.8. The minimum Gasteiger partial charge on any atom is -0.350 e. The number of hydrazone groups is 1. The Labute approximate surface area is 129 Å². The first kappa shape index (κ1) is 15.1. The van der Waals surface area contributed by atoms with Gasteiger partial charge in [0.05, 0.1) is 5.71 Å². The summed E-state index contributed by atoms with van der Waals surface area (Å²) in [7, 11) is 0. The van der Waals surface area contributed by atoms with Crippen molar-refractivity contribution in [2.45, 2.75) is 12.8 Å². The van der Waals surface area contributed by atoms with Crippen LogP contribution in [0.4, 0.5) is 4.79 Å². The van der Waals surface area contributed by atoms with Crippen LogP contribution in [-0.2, 0) is 6.42 Å². The highest BCUT2D eigenvalue weighted by Gasteiger charge is 2.21. The van der Waals surface area contributed by atoms with Crippen LogP contribution in [-0.4, -0.2) is 11.7 Å². The number of rotatable bonds is 2. The second kappa shape index (κ2) is 6.41. The van der Waals surface area contributed by atoms with Crippen LogP contribution in [0.1, 0.15) is 17.5 Å². The van der Waals surface area contributed by atoms with Gasteiger partial charge in [0.25, 0.3) is 0 Å². The summed E-state index contributed by atoms with van der Waals surface area (Å²) in [6.45, 7) is 0. The first-order valence-electron chi connectivity index (χ1n) is 6.55. The van der Waals surface area contributed by atoms with Crippen LogP contribution >= 0.6 is 12.4 Å². The summed E-state index contributed by atoms with van der Waals surface area (Å²) in [5.41, 5.74) is 13.1. The number of primary amides is 1. The first-order chi connectivity index (χ1) is 9.75. The highest BCUT2D eigenvalue weighted by molar-refractivity contribution is 6.06. The van der Waals surface area contributed by atoms with E-state index in [1.54, 1.807) is 0 Å². The smallest absolute Gasteiger partial charge is 0.332 e. The number of halogens is 1. The molecule has 1 aliphatic carbocycles. The minimum atomic E-state index is -0.634. The number of nitrogens with one attached hydrogen (secondary N) is 1. The molecule has 0 spiro atoms. The van der Waals surface area contributed by atoms with E-state index in [4.69, 9.17) is 5.73 Å². The van der Waals surface area contributed by atoms with Gasteiger partial charge in [-0.25, -0.2) is 10.2 Å². The van der Waals surface area contributed by atoms with Crippen molar-refractivity contribution in [1.29, 1.82) is 0 Å². The zero-order valence-corrected chi connectivity index (χ0v) is 12.2. The number of nitrogens with two attached hydrogens (primary N) is 1. The SMILES string of the molecule is Cl.NC(=O)N/N=C1\CCc2c1cccc2-c1ccccc1. The first-order valence-corrected chi connectivity index (χ1v) is 6.55. The summed E-state index contributed by atoms with van der Waals surface area (Å²) in [6, 6.07) is 15.8. The van der Waals surface area contributed by atoms with Crippen molar-refractivity contribution in [3.63, 3.8) is 0 Å². The third-order valence-electron chi connectivity index (χ3n) is 3.48. The van der Waals surface area contributed by atoms with Gasteiger partial charge in [0.1, 0.15) is 0 Å². The van der Waals surface area contributed by atoms with Crippen molar-refractivity contribution in [3.05, 3.63) is 59.7 Å². The number of fused-ring (bicyclic) bond motifs is 1. The second-order valence-electron chi connectivity index (χ2n) is 4.73. The summed E-state index contributed by atoms with van der Waals surface area (Å²) in [5, 5.41) is 4.09. The van der Waals surface area contributed by atoms with Crippen LogP contribution < -0.4 is 11.2 Å². The predicted octanol–water partition coefficient (Wildman–Crippen LogP) is 3.09. The maximum absolute atomic E-state index is 10.8. The lowest BCUT2D eigenvalue weighted by molar-refractivity contribution is 0.249. The highest BCUT2D eigenvalue weighted by Crippen LogP contribution is 2.32. The minimum absolute atomic E-state index is 0. The van der Waals surface area contributed by atoms with E-state index >= 15 is 0 Å².